The summed E-state index contributed by atoms with van der Waals surface area (Å²) in [4.78, 5) is 11.9. The van der Waals surface area contributed by atoms with E-state index in [4.69, 9.17) is 11.0 Å². The Morgan fingerprint density at radius 1 is 1.33 bits per heavy atom. The molecule has 0 saturated heterocycles. The van der Waals surface area contributed by atoms with Gasteiger partial charge in [-0.3, -0.25) is 4.79 Å². The second kappa shape index (κ2) is 6.72. The van der Waals surface area contributed by atoms with Gasteiger partial charge >= 0.3 is 0 Å². The maximum Gasteiger partial charge on any atom is 0.252 e. The Morgan fingerprint density at radius 2 is 2.00 bits per heavy atom. The summed E-state index contributed by atoms with van der Waals surface area (Å²) in [5.41, 5.74) is 7.55. The Labute approximate surface area is 156 Å². The number of primary amides is 1. The van der Waals surface area contributed by atoms with Crippen molar-refractivity contribution in [1.82, 2.24) is 9.61 Å². The van der Waals surface area contributed by atoms with Crippen LogP contribution in [0.15, 0.2) is 42.7 Å². The number of anilines is 1. The average molecular weight is 365 g/mol. The topological polar surface area (TPSA) is 96.2 Å². The van der Waals surface area contributed by atoms with Gasteiger partial charge in [0.25, 0.3) is 5.91 Å². The first kappa shape index (κ1) is 18.4. The van der Waals surface area contributed by atoms with Crippen LogP contribution in [-0.4, -0.2) is 27.2 Å². The fourth-order valence-corrected chi connectivity index (χ4v) is 2.68. The molecule has 0 spiro atoms. The number of nitrogens with zero attached hydrogens (tertiary/aromatic N) is 3. The van der Waals surface area contributed by atoms with E-state index in [1.165, 1.54) is 20.0 Å². The fourth-order valence-electron chi connectivity index (χ4n) is 2.68. The van der Waals surface area contributed by atoms with Crippen LogP contribution in [0.3, 0.4) is 0 Å². The number of halogens is 1. The minimum atomic E-state index is -1.50. The molecule has 0 aliphatic heterocycles. The molecule has 0 fully saturated rings. The van der Waals surface area contributed by atoms with Crippen LogP contribution in [0.25, 0.3) is 16.6 Å². The molecule has 0 aliphatic carbocycles. The highest BCUT2D eigenvalue weighted by Gasteiger charge is 2.27. The second-order valence-electron chi connectivity index (χ2n) is 6.98. The number of hydrogen-bond acceptors (Lipinski definition) is 4. The van der Waals surface area contributed by atoms with E-state index in [1.54, 1.807) is 29.8 Å². The molecule has 1 amide bonds. The lowest BCUT2D eigenvalue weighted by Crippen LogP contribution is -2.36. The molecule has 3 rings (SSSR count). The molecule has 0 radical (unpaired) electrons. The van der Waals surface area contributed by atoms with Gasteiger partial charge in [-0.15, -0.1) is 0 Å². The Kier molecular flexibility index (Phi) is 4.58. The van der Waals surface area contributed by atoms with Gasteiger partial charge in [0.1, 0.15) is 5.67 Å². The van der Waals surface area contributed by atoms with Crippen molar-refractivity contribution in [3.63, 3.8) is 0 Å². The minimum absolute atomic E-state index is 0.197. The summed E-state index contributed by atoms with van der Waals surface area (Å²) in [5, 5.41) is 16.3. The maximum atomic E-state index is 14.3. The number of nitriles is 1. The highest BCUT2D eigenvalue weighted by Crippen LogP contribution is 2.30. The number of hydrogen-bond donors (Lipinski definition) is 2. The van der Waals surface area contributed by atoms with Crippen LogP contribution in [0.2, 0.25) is 0 Å². The zero-order chi connectivity index (χ0) is 19.8. The summed E-state index contributed by atoms with van der Waals surface area (Å²) in [6, 6.07) is 10.5. The number of benzene rings is 1. The van der Waals surface area contributed by atoms with Crippen LogP contribution in [-0.2, 0) is 0 Å². The van der Waals surface area contributed by atoms with Crippen molar-refractivity contribution in [3.8, 4) is 17.2 Å². The van der Waals surface area contributed by atoms with Crippen molar-refractivity contribution in [2.24, 2.45) is 5.73 Å². The van der Waals surface area contributed by atoms with Crippen LogP contribution >= 0.6 is 0 Å². The fraction of sp³-hybridized carbons (Fsp3) is 0.250. The number of aromatic nitrogens is 2. The molecular weight excluding hydrogens is 345 g/mol. The highest BCUT2D eigenvalue weighted by atomic mass is 19.1. The van der Waals surface area contributed by atoms with E-state index in [-0.39, 0.29) is 5.56 Å². The van der Waals surface area contributed by atoms with Crippen molar-refractivity contribution in [1.29, 1.82) is 5.26 Å². The molecule has 1 unspecified atom stereocenters. The molecule has 1 atom stereocenters. The number of rotatable bonds is 5. The van der Waals surface area contributed by atoms with Gasteiger partial charge in [-0.25, -0.2) is 8.91 Å². The molecule has 0 aliphatic rings. The lowest BCUT2D eigenvalue weighted by atomic mass is 10.0. The van der Waals surface area contributed by atoms with Gasteiger partial charge in [0.15, 0.2) is 0 Å². The molecule has 7 heteroatoms. The number of fused-ring (bicyclic) bond motifs is 1. The average Bonchev–Trinajstić information content (AvgIpc) is 3.05. The SMILES string of the molecule is CC(Nc1c(C(N)=O)cnn2cc(-c3ccc(C#N)cc3)cc12)C(C)(C)F. The first-order chi connectivity index (χ1) is 12.7. The third-order valence-electron chi connectivity index (χ3n) is 4.64. The smallest absolute Gasteiger partial charge is 0.252 e. The van der Waals surface area contributed by atoms with Gasteiger partial charge < -0.3 is 11.1 Å². The zero-order valence-electron chi connectivity index (χ0n) is 15.3. The van der Waals surface area contributed by atoms with Crippen molar-refractivity contribution in [3.05, 3.63) is 53.9 Å². The normalized spacial score (nSPS) is 12.6. The summed E-state index contributed by atoms with van der Waals surface area (Å²) in [7, 11) is 0. The van der Waals surface area contributed by atoms with Crippen LogP contribution in [0.1, 0.15) is 36.7 Å². The summed E-state index contributed by atoms with van der Waals surface area (Å²) in [6.07, 6.45) is 3.18. The predicted octanol–water partition coefficient (Wildman–Crippen LogP) is 3.52. The summed E-state index contributed by atoms with van der Waals surface area (Å²) >= 11 is 0. The second-order valence-corrected chi connectivity index (χ2v) is 6.98. The van der Waals surface area contributed by atoms with E-state index in [0.29, 0.717) is 16.8 Å². The molecule has 1 aromatic carbocycles. The van der Waals surface area contributed by atoms with E-state index in [2.05, 4.69) is 16.5 Å². The van der Waals surface area contributed by atoms with Gasteiger partial charge in [0, 0.05) is 11.8 Å². The molecule has 0 saturated carbocycles. The first-order valence-corrected chi connectivity index (χ1v) is 8.48. The summed E-state index contributed by atoms with van der Waals surface area (Å²) in [6.45, 7) is 4.63. The van der Waals surface area contributed by atoms with Crippen molar-refractivity contribution in [2.45, 2.75) is 32.5 Å². The number of amides is 1. The molecule has 2 aromatic heterocycles. The summed E-state index contributed by atoms with van der Waals surface area (Å²) in [5.74, 6) is -0.641. The van der Waals surface area contributed by atoms with Crippen molar-refractivity contribution in [2.75, 3.05) is 5.32 Å². The molecule has 0 bridgehead atoms. The predicted molar refractivity (Wildman–Crippen MR) is 102 cm³/mol. The maximum absolute atomic E-state index is 14.3. The van der Waals surface area contributed by atoms with Crippen LogP contribution < -0.4 is 11.1 Å². The highest BCUT2D eigenvalue weighted by molar-refractivity contribution is 6.02. The van der Waals surface area contributed by atoms with E-state index in [1.807, 2.05) is 18.2 Å². The van der Waals surface area contributed by atoms with E-state index >= 15 is 0 Å². The number of alkyl halides is 1. The Balaban J connectivity index is 2.13. The lowest BCUT2D eigenvalue weighted by Gasteiger charge is -2.26. The Bertz CT molecular complexity index is 1040. The number of nitrogens with two attached hydrogens (primary N) is 1. The monoisotopic (exact) mass is 365 g/mol. The van der Waals surface area contributed by atoms with E-state index in [9.17, 15) is 9.18 Å². The van der Waals surface area contributed by atoms with Gasteiger partial charge in [0.05, 0.1) is 40.6 Å². The van der Waals surface area contributed by atoms with Crippen LogP contribution in [0.4, 0.5) is 10.1 Å². The molecular formula is C20H20FN5O. The van der Waals surface area contributed by atoms with Crippen LogP contribution in [0, 0.1) is 11.3 Å². The van der Waals surface area contributed by atoms with Crippen molar-refractivity contribution < 1.29 is 9.18 Å². The van der Waals surface area contributed by atoms with E-state index in [0.717, 1.165) is 11.1 Å². The van der Waals surface area contributed by atoms with Gasteiger partial charge in [-0.05, 0) is 44.5 Å². The van der Waals surface area contributed by atoms with Crippen molar-refractivity contribution >= 4 is 17.1 Å². The molecule has 2 heterocycles. The number of carbonyl (C=O) groups is 1. The summed E-state index contributed by atoms with van der Waals surface area (Å²) < 4.78 is 15.9. The Hall–Kier alpha value is -3.40. The van der Waals surface area contributed by atoms with Crippen LogP contribution in [0.5, 0.6) is 0 Å². The molecule has 3 N–H and O–H groups in total. The molecule has 27 heavy (non-hydrogen) atoms. The standard InChI is InChI=1S/C20H20FN5O/c1-12(20(2,3)21)25-18-16(19(23)27)10-24-26-11-15(8-17(18)26)14-6-4-13(9-22)5-7-14/h4-8,10-12,25H,1-3H3,(H2,23,27). The quantitative estimate of drug-likeness (QED) is 0.723. The molecule has 138 valence electrons. The molecule has 6 nitrogen and oxygen atoms in total. The van der Waals surface area contributed by atoms with E-state index < -0.39 is 17.6 Å². The van der Waals surface area contributed by atoms with Gasteiger partial charge in [0.2, 0.25) is 0 Å². The third kappa shape index (κ3) is 3.60. The molecule has 3 aromatic rings. The third-order valence-corrected chi connectivity index (χ3v) is 4.64. The minimum Gasteiger partial charge on any atom is -0.377 e. The Morgan fingerprint density at radius 3 is 2.56 bits per heavy atom. The van der Waals surface area contributed by atoms with Gasteiger partial charge in [-0.1, -0.05) is 12.1 Å². The first-order valence-electron chi connectivity index (χ1n) is 8.48. The zero-order valence-corrected chi connectivity index (χ0v) is 15.3. The lowest BCUT2D eigenvalue weighted by molar-refractivity contribution is 0.1000. The largest absolute Gasteiger partial charge is 0.377 e. The number of nitrogens with one attached hydrogen (secondary N) is 1. The van der Waals surface area contributed by atoms with Gasteiger partial charge in [-0.2, -0.15) is 10.4 Å². The number of carbonyl (C=O) groups excluding carboxylic acids is 1.